The second kappa shape index (κ2) is 8.93. The van der Waals surface area contributed by atoms with Crippen LogP contribution < -0.4 is 9.64 Å². The van der Waals surface area contributed by atoms with Crippen LogP contribution in [0, 0.1) is 10.1 Å². The summed E-state index contributed by atoms with van der Waals surface area (Å²) in [5.74, 6) is -1.39. The molecule has 3 aromatic carbocycles. The Bertz CT molecular complexity index is 1700. The summed E-state index contributed by atoms with van der Waals surface area (Å²) in [5, 5.41) is 23.4. The number of hydrogen-bond acceptors (Lipinski definition) is 8. The Morgan fingerprint density at radius 3 is 2.66 bits per heavy atom. The molecule has 1 saturated heterocycles. The molecule has 9 nitrogen and oxygen atoms in total. The van der Waals surface area contributed by atoms with E-state index >= 15 is 0 Å². The molecule has 0 radical (unpaired) electrons. The molecular formula is C27H18ClN3O6S. The van der Waals surface area contributed by atoms with E-state index in [1.165, 1.54) is 40.5 Å². The maximum Gasteiger partial charge on any atom is 0.301 e. The second-order valence-corrected chi connectivity index (χ2v) is 10.5. The highest BCUT2D eigenvalue weighted by molar-refractivity contribution is 7.22. The number of ketones is 1. The number of Topliss-reactive ketones (excluding diaryl/α,β-unsaturated/α-hetero) is 1. The fraction of sp³-hybridized carbons (Fsp3) is 0.148. The predicted molar refractivity (Wildman–Crippen MR) is 143 cm³/mol. The van der Waals surface area contributed by atoms with E-state index < -0.39 is 22.7 Å². The Morgan fingerprint density at radius 2 is 1.92 bits per heavy atom. The maximum atomic E-state index is 13.4. The van der Waals surface area contributed by atoms with Crippen LogP contribution >= 0.6 is 22.9 Å². The molecule has 0 spiro atoms. The average molecular weight is 548 g/mol. The molecule has 0 saturated carbocycles. The van der Waals surface area contributed by atoms with Crippen LogP contribution in [0.3, 0.4) is 0 Å². The molecule has 11 heteroatoms. The molecule has 190 valence electrons. The number of carbonyl (C=O) groups excluding carboxylic acids is 2. The molecule has 38 heavy (non-hydrogen) atoms. The Labute approximate surface area is 224 Å². The smallest absolute Gasteiger partial charge is 0.301 e. The summed E-state index contributed by atoms with van der Waals surface area (Å²) in [6, 6.07) is 14.7. The molecular weight excluding hydrogens is 530 g/mol. The minimum Gasteiger partial charge on any atom is -0.507 e. The Morgan fingerprint density at radius 1 is 1.16 bits per heavy atom. The van der Waals surface area contributed by atoms with Crippen LogP contribution in [-0.2, 0) is 16.0 Å². The Balaban J connectivity index is 1.53. The number of benzene rings is 3. The van der Waals surface area contributed by atoms with Crippen LogP contribution in [0.2, 0.25) is 5.02 Å². The number of ether oxygens (including phenoxy) is 1. The van der Waals surface area contributed by atoms with Gasteiger partial charge in [0.25, 0.3) is 11.5 Å². The molecule has 1 N–H and O–H groups in total. The molecule has 2 aliphatic heterocycles. The fourth-order valence-electron chi connectivity index (χ4n) is 4.84. The van der Waals surface area contributed by atoms with Crippen molar-refractivity contribution in [2.45, 2.75) is 25.5 Å². The Hall–Kier alpha value is -4.28. The van der Waals surface area contributed by atoms with E-state index in [2.05, 4.69) is 4.98 Å². The molecule has 1 aromatic heterocycles. The van der Waals surface area contributed by atoms with Gasteiger partial charge >= 0.3 is 5.91 Å². The molecule has 1 fully saturated rings. The van der Waals surface area contributed by atoms with Crippen molar-refractivity contribution < 1.29 is 24.4 Å². The van der Waals surface area contributed by atoms with Gasteiger partial charge in [0.15, 0.2) is 5.13 Å². The number of aromatic nitrogens is 1. The summed E-state index contributed by atoms with van der Waals surface area (Å²) in [7, 11) is 0. The summed E-state index contributed by atoms with van der Waals surface area (Å²) in [6.07, 6.45) is 0.630. The first kappa shape index (κ1) is 24.1. The molecule has 0 bridgehead atoms. The first-order chi connectivity index (χ1) is 18.2. The maximum absolute atomic E-state index is 13.4. The molecule has 6 rings (SSSR count). The Kier molecular flexibility index (Phi) is 5.66. The van der Waals surface area contributed by atoms with Crippen molar-refractivity contribution in [2.24, 2.45) is 0 Å². The molecule has 2 unspecified atom stereocenters. The lowest BCUT2D eigenvalue weighted by Crippen LogP contribution is -2.29. The zero-order chi connectivity index (χ0) is 26.7. The number of aliphatic hydroxyl groups is 1. The number of carbonyl (C=O) groups is 2. The number of fused-ring (bicyclic) bond motifs is 2. The van der Waals surface area contributed by atoms with Crippen molar-refractivity contribution in [3.05, 3.63) is 98.1 Å². The molecule has 2 atom stereocenters. The van der Waals surface area contributed by atoms with Crippen molar-refractivity contribution in [1.29, 1.82) is 0 Å². The number of amides is 1. The topological polar surface area (TPSA) is 123 Å². The minimum atomic E-state index is -1.06. The van der Waals surface area contributed by atoms with E-state index in [1.54, 1.807) is 36.4 Å². The SMILES string of the molecule is CC1Cc2cc(/C(O)=C3/C(=O)C(=O)N(c4nc5ccc(Cl)cc5s4)C3c3ccc([N+](=O)[O-])cc3)ccc2O1. The van der Waals surface area contributed by atoms with Crippen LogP contribution in [0.1, 0.15) is 29.7 Å². The molecule has 3 heterocycles. The van der Waals surface area contributed by atoms with Gasteiger partial charge in [-0.3, -0.25) is 24.6 Å². The van der Waals surface area contributed by atoms with Gasteiger partial charge in [0.1, 0.15) is 17.6 Å². The van der Waals surface area contributed by atoms with Crippen molar-refractivity contribution in [1.82, 2.24) is 4.98 Å². The summed E-state index contributed by atoms with van der Waals surface area (Å²) < 4.78 is 6.45. The lowest BCUT2D eigenvalue weighted by molar-refractivity contribution is -0.384. The zero-order valence-electron chi connectivity index (χ0n) is 19.8. The van der Waals surface area contributed by atoms with E-state index in [4.69, 9.17) is 16.3 Å². The third-order valence-corrected chi connectivity index (χ3v) is 7.83. The van der Waals surface area contributed by atoms with Gasteiger partial charge in [0.2, 0.25) is 0 Å². The van der Waals surface area contributed by atoms with Crippen molar-refractivity contribution in [3.8, 4) is 5.75 Å². The van der Waals surface area contributed by atoms with Crippen molar-refractivity contribution in [2.75, 3.05) is 4.90 Å². The fourth-order valence-corrected chi connectivity index (χ4v) is 6.11. The second-order valence-electron chi connectivity index (χ2n) is 9.08. The number of thiazole rings is 1. The van der Waals surface area contributed by atoms with Crippen LogP contribution in [0.15, 0.2) is 66.2 Å². The van der Waals surface area contributed by atoms with E-state index in [-0.39, 0.29) is 28.3 Å². The number of nitro groups is 1. The zero-order valence-corrected chi connectivity index (χ0v) is 21.3. The van der Waals surface area contributed by atoms with Gasteiger partial charge in [0.05, 0.1) is 26.8 Å². The van der Waals surface area contributed by atoms with Crippen LogP contribution in [0.25, 0.3) is 16.0 Å². The average Bonchev–Trinajstić information content (AvgIpc) is 3.55. The lowest BCUT2D eigenvalue weighted by Gasteiger charge is -2.23. The number of halogens is 1. The number of rotatable bonds is 4. The lowest BCUT2D eigenvalue weighted by atomic mass is 9.94. The number of nitro benzene ring substituents is 1. The van der Waals surface area contributed by atoms with Gasteiger partial charge in [-0.1, -0.05) is 22.9 Å². The summed E-state index contributed by atoms with van der Waals surface area (Å²) in [5.41, 5.74) is 1.97. The number of aliphatic hydroxyl groups excluding tert-OH is 1. The highest BCUT2D eigenvalue weighted by Crippen LogP contribution is 2.45. The summed E-state index contributed by atoms with van der Waals surface area (Å²) in [6.45, 7) is 1.94. The molecule has 2 aliphatic rings. The monoisotopic (exact) mass is 547 g/mol. The van der Waals surface area contributed by atoms with Crippen LogP contribution in [0.4, 0.5) is 10.8 Å². The summed E-state index contributed by atoms with van der Waals surface area (Å²) in [4.78, 5) is 43.3. The molecule has 4 aromatic rings. The third kappa shape index (κ3) is 3.89. The van der Waals surface area contributed by atoms with E-state index in [0.717, 1.165) is 5.56 Å². The molecule has 0 aliphatic carbocycles. The number of hydrogen-bond donors (Lipinski definition) is 1. The van der Waals surface area contributed by atoms with Crippen LogP contribution in [0.5, 0.6) is 5.75 Å². The van der Waals surface area contributed by atoms with Gasteiger partial charge in [0, 0.05) is 29.1 Å². The minimum absolute atomic E-state index is 0.0133. The van der Waals surface area contributed by atoms with Gasteiger partial charge in [-0.05, 0) is 66.6 Å². The quantitative estimate of drug-likeness (QED) is 0.112. The van der Waals surface area contributed by atoms with Crippen molar-refractivity contribution in [3.63, 3.8) is 0 Å². The van der Waals surface area contributed by atoms with Gasteiger partial charge < -0.3 is 9.84 Å². The first-order valence-electron chi connectivity index (χ1n) is 11.6. The third-order valence-electron chi connectivity index (χ3n) is 6.58. The molecule has 1 amide bonds. The summed E-state index contributed by atoms with van der Waals surface area (Å²) >= 11 is 7.30. The highest BCUT2D eigenvalue weighted by Gasteiger charge is 2.48. The number of nitrogens with zero attached hydrogens (tertiary/aromatic N) is 3. The number of non-ortho nitro benzene ring substituents is 1. The van der Waals surface area contributed by atoms with Crippen molar-refractivity contribution >= 4 is 61.4 Å². The van der Waals surface area contributed by atoms with Gasteiger partial charge in [-0.25, -0.2) is 4.98 Å². The largest absolute Gasteiger partial charge is 0.507 e. The standard InChI is InChI=1S/C27H18ClN3O6S/c1-13-10-16-11-15(4-9-20(16)37-13)24(32)22-23(14-2-6-18(7-3-14)31(35)36)30(26(34)25(22)33)27-29-19-8-5-17(28)12-21(19)38-27/h2-9,11-13,23,32H,10H2,1H3/b24-22-. The first-order valence-corrected chi connectivity index (χ1v) is 12.8. The van der Waals surface area contributed by atoms with E-state index in [1.807, 2.05) is 6.92 Å². The van der Waals surface area contributed by atoms with E-state index in [9.17, 15) is 24.8 Å². The van der Waals surface area contributed by atoms with Gasteiger partial charge in [-0.2, -0.15) is 0 Å². The normalized spacial score (nSPS) is 20.1. The predicted octanol–water partition coefficient (Wildman–Crippen LogP) is 5.81. The van der Waals surface area contributed by atoms with Gasteiger partial charge in [-0.15, -0.1) is 0 Å². The highest BCUT2D eigenvalue weighted by atomic mass is 35.5. The van der Waals surface area contributed by atoms with Crippen LogP contribution in [-0.4, -0.2) is 32.8 Å². The number of anilines is 1. The van der Waals surface area contributed by atoms with E-state index in [0.29, 0.717) is 38.5 Å².